The van der Waals surface area contributed by atoms with E-state index in [9.17, 15) is 14.7 Å². The number of amides is 1. The molecule has 0 unspecified atom stereocenters. The molecular weight excluding hydrogens is 376 g/mol. The van der Waals surface area contributed by atoms with Crippen LogP contribution in [0.5, 0.6) is 11.5 Å². The molecule has 7 nitrogen and oxygen atoms in total. The fourth-order valence-electron chi connectivity index (χ4n) is 2.93. The lowest BCUT2D eigenvalue weighted by Crippen LogP contribution is -2.56. The normalized spacial score (nSPS) is 17.7. The summed E-state index contributed by atoms with van der Waals surface area (Å²) in [6, 6.07) is 5.48. The second kappa shape index (κ2) is 6.81. The molecule has 1 aromatic heterocycles. The summed E-state index contributed by atoms with van der Waals surface area (Å²) < 4.78 is 10.7. The van der Waals surface area contributed by atoms with Crippen molar-refractivity contribution in [3.63, 3.8) is 0 Å². The van der Waals surface area contributed by atoms with E-state index < -0.39 is 17.4 Å². The van der Waals surface area contributed by atoms with E-state index in [0.29, 0.717) is 34.2 Å². The van der Waals surface area contributed by atoms with Gasteiger partial charge in [-0.2, -0.15) is 11.8 Å². The van der Waals surface area contributed by atoms with Gasteiger partial charge in [0, 0.05) is 5.56 Å². The summed E-state index contributed by atoms with van der Waals surface area (Å²) in [6.07, 6.45) is 2.33. The Bertz CT molecular complexity index is 861. The predicted octanol–water partition coefficient (Wildman–Crippen LogP) is 2.62. The third-order valence-corrected chi connectivity index (χ3v) is 6.49. The van der Waals surface area contributed by atoms with Crippen LogP contribution < -0.4 is 14.8 Å². The van der Waals surface area contributed by atoms with E-state index in [1.165, 1.54) is 17.5 Å². The van der Waals surface area contributed by atoms with Crippen LogP contribution in [0, 0.1) is 0 Å². The third kappa shape index (κ3) is 3.12. The van der Waals surface area contributed by atoms with Gasteiger partial charge in [-0.3, -0.25) is 4.79 Å². The van der Waals surface area contributed by atoms with Crippen molar-refractivity contribution in [2.24, 2.45) is 0 Å². The maximum atomic E-state index is 12.6. The van der Waals surface area contributed by atoms with Crippen LogP contribution >= 0.6 is 23.1 Å². The monoisotopic (exact) mass is 392 g/mol. The molecule has 0 radical (unpaired) electrons. The number of carboxylic acid groups (broad SMARTS) is 1. The number of ether oxygens (including phenoxy) is 2. The molecule has 1 fully saturated rings. The van der Waals surface area contributed by atoms with E-state index in [-0.39, 0.29) is 6.79 Å². The zero-order valence-corrected chi connectivity index (χ0v) is 15.3. The predicted molar refractivity (Wildman–Crippen MR) is 98.1 cm³/mol. The first-order valence-electron chi connectivity index (χ1n) is 8.07. The van der Waals surface area contributed by atoms with Crippen molar-refractivity contribution in [1.82, 2.24) is 10.3 Å². The molecular formula is C17H16N2O5S2. The number of thioether (sulfide) groups is 1. The van der Waals surface area contributed by atoms with Crippen LogP contribution in [0.3, 0.4) is 0 Å². The topological polar surface area (TPSA) is 97.8 Å². The van der Waals surface area contributed by atoms with Crippen LogP contribution in [0.25, 0.3) is 10.6 Å². The number of fused-ring (bicyclic) bond motifs is 1. The second-order valence-electron chi connectivity index (χ2n) is 6.05. The highest BCUT2D eigenvalue weighted by Crippen LogP contribution is 2.37. The lowest BCUT2D eigenvalue weighted by molar-refractivity contribution is -0.144. The molecule has 1 saturated heterocycles. The van der Waals surface area contributed by atoms with Crippen molar-refractivity contribution in [3.05, 3.63) is 29.3 Å². The average molecular weight is 392 g/mol. The molecule has 4 rings (SSSR count). The summed E-state index contributed by atoms with van der Waals surface area (Å²) in [4.78, 5) is 29.0. The fourth-order valence-corrected chi connectivity index (χ4v) is 4.93. The maximum absolute atomic E-state index is 12.6. The van der Waals surface area contributed by atoms with Gasteiger partial charge >= 0.3 is 5.97 Å². The number of rotatable bonds is 4. The lowest BCUT2D eigenvalue weighted by atomic mass is 9.92. The summed E-state index contributed by atoms with van der Waals surface area (Å²) in [5.41, 5.74) is -0.370. The number of hydrogen-bond donors (Lipinski definition) is 2. The molecule has 26 heavy (non-hydrogen) atoms. The van der Waals surface area contributed by atoms with E-state index in [1.54, 1.807) is 17.8 Å². The highest BCUT2D eigenvalue weighted by molar-refractivity contribution is 7.99. The Morgan fingerprint density at radius 2 is 1.96 bits per heavy atom. The Morgan fingerprint density at radius 3 is 2.73 bits per heavy atom. The van der Waals surface area contributed by atoms with Gasteiger partial charge in [0.05, 0.1) is 6.20 Å². The minimum atomic E-state index is -1.19. The van der Waals surface area contributed by atoms with Crippen molar-refractivity contribution in [1.29, 1.82) is 0 Å². The smallest absolute Gasteiger partial charge is 0.329 e. The van der Waals surface area contributed by atoms with Crippen molar-refractivity contribution in [2.45, 2.75) is 18.4 Å². The lowest BCUT2D eigenvalue weighted by Gasteiger charge is -2.33. The number of carbonyl (C=O) groups is 2. The van der Waals surface area contributed by atoms with Crippen molar-refractivity contribution < 1.29 is 24.2 Å². The van der Waals surface area contributed by atoms with Gasteiger partial charge in [0.2, 0.25) is 6.79 Å². The number of nitrogens with zero attached hydrogens (tertiary/aromatic N) is 1. The van der Waals surface area contributed by atoms with Gasteiger partial charge < -0.3 is 19.9 Å². The van der Waals surface area contributed by atoms with E-state index in [0.717, 1.165) is 17.1 Å². The van der Waals surface area contributed by atoms with E-state index in [4.69, 9.17) is 9.47 Å². The zero-order chi connectivity index (χ0) is 18.1. The molecule has 9 heteroatoms. The number of carboxylic acids is 1. The molecule has 1 amide bonds. The molecule has 2 N–H and O–H groups in total. The molecule has 136 valence electrons. The molecule has 2 aromatic rings. The van der Waals surface area contributed by atoms with Gasteiger partial charge in [0.1, 0.15) is 15.4 Å². The molecule has 1 aromatic carbocycles. The standard InChI is InChI=1S/C17H16N2O5S2/c20-14(19-17(16(21)22)3-5-25-6-4-17)13-8-18-15(26-13)10-1-2-11-12(7-10)24-9-23-11/h1-2,7-8H,3-6,9H2,(H,19,20)(H,21,22). The molecule has 0 saturated carbocycles. The van der Waals surface area contributed by atoms with Gasteiger partial charge in [0.25, 0.3) is 5.91 Å². The number of thiazole rings is 1. The molecule has 0 spiro atoms. The first kappa shape index (κ1) is 17.2. The minimum Gasteiger partial charge on any atom is -0.480 e. The number of aliphatic carboxylic acids is 1. The fraction of sp³-hybridized carbons (Fsp3) is 0.353. The van der Waals surface area contributed by atoms with Crippen LogP contribution in [-0.2, 0) is 4.79 Å². The number of nitrogens with one attached hydrogen (secondary N) is 1. The first-order chi connectivity index (χ1) is 12.6. The largest absolute Gasteiger partial charge is 0.480 e. The summed E-state index contributed by atoms with van der Waals surface area (Å²) in [7, 11) is 0. The van der Waals surface area contributed by atoms with E-state index >= 15 is 0 Å². The third-order valence-electron chi connectivity index (χ3n) is 4.46. The summed E-state index contributed by atoms with van der Waals surface area (Å²) in [5, 5.41) is 13.0. The van der Waals surface area contributed by atoms with Crippen molar-refractivity contribution >= 4 is 35.0 Å². The van der Waals surface area contributed by atoms with Crippen LogP contribution in [0.15, 0.2) is 24.4 Å². The van der Waals surface area contributed by atoms with Gasteiger partial charge in [-0.05, 0) is 42.5 Å². The Hall–Kier alpha value is -2.26. The molecule has 0 bridgehead atoms. The van der Waals surface area contributed by atoms with Gasteiger partial charge in [-0.15, -0.1) is 11.3 Å². The zero-order valence-electron chi connectivity index (χ0n) is 13.7. The SMILES string of the molecule is O=C(NC1(C(=O)O)CCSCC1)c1cnc(-c2ccc3c(c2)OCO3)s1. The Kier molecular flexibility index (Phi) is 4.49. The van der Waals surface area contributed by atoms with Crippen LogP contribution in [0.1, 0.15) is 22.5 Å². The summed E-state index contributed by atoms with van der Waals surface area (Å²) in [6.45, 7) is 0.194. The molecule has 2 aliphatic heterocycles. The Balaban J connectivity index is 1.54. The molecule has 0 aliphatic carbocycles. The van der Waals surface area contributed by atoms with Gasteiger partial charge in [-0.1, -0.05) is 0 Å². The van der Waals surface area contributed by atoms with Crippen LogP contribution in [0.2, 0.25) is 0 Å². The van der Waals surface area contributed by atoms with Crippen LogP contribution in [-0.4, -0.2) is 45.8 Å². The number of benzene rings is 1. The quantitative estimate of drug-likeness (QED) is 0.825. The first-order valence-corrected chi connectivity index (χ1v) is 10.0. The number of aromatic nitrogens is 1. The average Bonchev–Trinajstić information content (AvgIpc) is 3.31. The Morgan fingerprint density at radius 1 is 1.19 bits per heavy atom. The maximum Gasteiger partial charge on any atom is 0.329 e. The van der Waals surface area contributed by atoms with Crippen LogP contribution in [0.4, 0.5) is 0 Å². The summed E-state index contributed by atoms with van der Waals surface area (Å²) >= 11 is 2.92. The van der Waals surface area contributed by atoms with E-state index in [1.807, 2.05) is 12.1 Å². The molecule has 3 heterocycles. The van der Waals surface area contributed by atoms with E-state index in [2.05, 4.69) is 10.3 Å². The molecule has 0 atom stereocenters. The number of carbonyl (C=O) groups excluding carboxylic acids is 1. The highest BCUT2D eigenvalue weighted by Gasteiger charge is 2.41. The van der Waals surface area contributed by atoms with Gasteiger partial charge in [-0.25, -0.2) is 9.78 Å². The van der Waals surface area contributed by atoms with Crippen molar-refractivity contribution in [3.8, 4) is 22.1 Å². The molecule has 2 aliphatic rings. The highest BCUT2D eigenvalue weighted by atomic mass is 32.2. The summed E-state index contributed by atoms with van der Waals surface area (Å²) in [5.74, 6) is 1.39. The minimum absolute atomic E-state index is 0.194. The second-order valence-corrected chi connectivity index (χ2v) is 8.31. The van der Waals surface area contributed by atoms with Crippen molar-refractivity contribution in [2.75, 3.05) is 18.3 Å². The van der Waals surface area contributed by atoms with Gasteiger partial charge in [0.15, 0.2) is 11.5 Å². The number of hydrogen-bond acceptors (Lipinski definition) is 7. The Labute approximate surface area is 157 Å².